The van der Waals surface area contributed by atoms with E-state index < -0.39 is 0 Å². The first-order chi connectivity index (χ1) is 11.2. The number of unbranched alkanes of at least 4 members (excludes halogenated alkanes) is 4. The van der Waals surface area contributed by atoms with E-state index in [1.807, 2.05) is 16.8 Å². The van der Waals surface area contributed by atoms with Gasteiger partial charge < -0.3 is 5.11 Å². The van der Waals surface area contributed by atoms with Gasteiger partial charge in [0.1, 0.15) is 11.5 Å². The van der Waals surface area contributed by atoms with Gasteiger partial charge in [0.15, 0.2) is 0 Å². The van der Waals surface area contributed by atoms with Crippen LogP contribution in [0, 0.1) is 5.82 Å². The first-order valence-electron chi connectivity index (χ1n) is 8.21. The predicted molar refractivity (Wildman–Crippen MR) is 90.0 cm³/mol. The monoisotopic (exact) mass is 317 g/mol. The molecular formula is C18H24FN3O. The lowest BCUT2D eigenvalue weighted by Gasteiger charge is -2.04. The summed E-state index contributed by atoms with van der Waals surface area (Å²) < 4.78 is 14.8. The molecule has 0 aliphatic heterocycles. The fourth-order valence-corrected chi connectivity index (χ4v) is 2.43. The zero-order valence-electron chi connectivity index (χ0n) is 13.6. The van der Waals surface area contributed by atoms with Crippen LogP contribution in [0.2, 0.25) is 0 Å². The molecule has 0 unspecified atom stereocenters. The second kappa shape index (κ2) is 9.20. The summed E-state index contributed by atoms with van der Waals surface area (Å²) in [6.07, 6.45) is 9.70. The van der Waals surface area contributed by atoms with Crippen LogP contribution < -0.4 is 0 Å². The molecule has 0 fully saturated rings. The Labute approximate surface area is 136 Å². The van der Waals surface area contributed by atoms with Crippen molar-refractivity contribution in [1.82, 2.24) is 15.0 Å². The molecule has 2 aromatic rings. The third-order valence-corrected chi connectivity index (χ3v) is 3.77. The maximum absolute atomic E-state index is 12.9. The third kappa shape index (κ3) is 5.28. The van der Waals surface area contributed by atoms with Crippen LogP contribution in [0.25, 0.3) is 12.2 Å². The van der Waals surface area contributed by atoms with Crippen LogP contribution in [0.15, 0.2) is 24.3 Å². The lowest BCUT2D eigenvalue weighted by molar-refractivity contribution is 0.276. The summed E-state index contributed by atoms with van der Waals surface area (Å²) in [5, 5.41) is 17.6. The van der Waals surface area contributed by atoms with Crippen molar-refractivity contribution in [3.05, 3.63) is 47.0 Å². The average Bonchev–Trinajstić information content (AvgIpc) is 2.96. The Morgan fingerprint density at radius 1 is 1.09 bits per heavy atom. The van der Waals surface area contributed by atoms with Gasteiger partial charge in [-0.3, -0.25) is 0 Å². The van der Waals surface area contributed by atoms with E-state index in [1.165, 1.54) is 37.8 Å². The molecule has 1 N–H and O–H groups in total. The van der Waals surface area contributed by atoms with Gasteiger partial charge in [-0.15, -0.1) is 5.10 Å². The fraction of sp³-hybridized carbons (Fsp3) is 0.444. The zero-order valence-corrected chi connectivity index (χ0v) is 13.6. The summed E-state index contributed by atoms with van der Waals surface area (Å²) in [6, 6.07) is 6.28. The molecule has 0 saturated carbocycles. The van der Waals surface area contributed by atoms with Gasteiger partial charge in [0.05, 0.1) is 12.3 Å². The second-order valence-corrected chi connectivity index (χ2v) is 5.60. The normalized spacial score (nSPS) is 11.4. The van der Waals surface area contributed by atoms with Gasteiger partial charge in [0.25, 0.3) is 0 Å². The molecule has 0 aliphatic rings. The average molecular weight is 317 g/mol. The van der Waals surface area contributed by atoms with Gasteiger partial charge in [-0.05, 0) is 30.2 Å². The van der Waals surface area contributed by atoms with Crippen molar-refractivity contribution in [3.8, 4) is 0 Å². The summed E-state index contributed by atoms with van der Waals surface area (Å²) in [5.74, 6) is -0.253. The SMILES string of the molecule is CCCCCCCn1nnc(CO)c1/C=C/c1ccc(F)cc1. The van der Waals surface area contributed by atoms with Gasteiger partial charge in [-0.1, -0.05) is 56.0 Å². The lowest BCUT2D eigenvalue weighted by atomic mass is 10.1. The van der Waals surface area contributed by atoms with Gasteiger partial charge in [0.2, 0.25) is 0 Å². The molecule has 0 aliphatic carbocycles. The first kappa shape index (κ1) is 17.3. The largest absolute Gasteiger partial charge is 0.390 e. The van der Waals surface area contributed by atoms with Crippen LogP contribution in [0.4, 0.5) is 4.39 Å². The molecule has 0 saturated heterocycles. The van der Waals surface area contributed by atoms with Crippen molar-refractivity contribution < 1.29 is 9.50 Å². The molecule has 0 spiro atoms. The second-order valence-electron chi connectivity index (χ2n) is 5.60. The highest BCUT2D eigenvalue weighted by Gasteiger charge is 2.09. The third-order valence-electron chi connectivity index (χ3n) is 3.77. The molecule has 0 bridgehead atoms. The van der Waals surface area contributed by atoms with Crippen LogP contribution in [0.1, 0.15) is 56.0 Å². The van der Waals surface area contributed by atoms with E-state index in [0.717, 1.165) is 24.2 Å². The maximum Gasteiger partial charge on any atom is 0.123 e. The quantitative estimate of drug-likeness (QED) is 0.710. The standard InChI is InChI=1S/C18H24FN3O/c1-2-3-4-5-6-13-22-18(17(14-23)20-21-22)12-9-15-7-10-16(19)11-8-15/h7-12,23H,2-6,13-14H2,1H3/b12-9+. The number of aromatic nitrogens is 3. The highest BCUT2D eigenvalue weighted by molar-refractivity contribution is 5.68. The predicted octanol–water partition coefficient (Wildman–Crippen LogP) is 4.05. The van der Waals surface area contributed by atoms with Crippen molar-refractivity contribution in [2.45, 2.75) is 52.2 Å². The Morgan fingerprint density at radius 3 is 2.52 bits per heavy atom. The number of halogens is 1. The summed E-state index contributed by atoms with van der Waals surface area (Å²) >= 11 is 0. The molecule has 1 aromatic heterocycles. The molecule has 23 heavy (non-hydrogen) atoms. The minimum Gasteiger partial charge on any atom is -0.390 e. The molecule has 1 aromatic carbocycles. The summed E-state index contributed by atoms with van der Waals surface area (Å²) in [6.45, 7) is 2.85. The first-order valence-corrected chi connectivity index (χ1v) is 8.21. The van der Waals surface area contributed by atoms with Crippen LogP contribution >= 0.6 is 0 Å². The number of aliphatic hydroxyl groups excluding tert-OH is 1. The Kier molecular flexibility index (Phi) is 6.94. The van der Waals surface area contributed by atoms with E-state index in [4.69, 9.17) is 0 Å². The van der Waals surface area contributed by atoms with E-state index in [9.17, 15) is 9.50 Å². The molecule has 0 radical (unpaired) electrons. The number of benzene rings is 1. The minimum atomic E-state index is -0.253. The van der Waals surface area contributed by atoms with Gasteiger partial charge in [0, 0.05) is 6.54 Å². The van der Waals surface area contributed by atoms with Crippen molar-refractivity contribution in [2.75, 3.05) is 0 Å². The van der Waals surface area contributed by atoms with E-state index >= 15 is 0 Å². The highest BCUT2D eigenvalue weighted by Crippen LogP contribution is 2.14. The van der Waals surface area contributed by atoms with E-state index in [1.54, 1.807) is 12.1 Å². The number of hydrogen-bond acceptors (Lipinski definition) is 3. The molecule has 4 nitrogen and oxygen atoms in total. The summed E-state index contributed by atoms with van der Waals surface area (Å²) in [4.78, 5) is 0. The van der Waals surface area contributed by atoms with E-state index in [-0.39, 0.29) is 12.4 Å². The summed E-state index contributed by atoms with van der Waals surface area (Å²) in [5.41, 5.74) is 2.27. The van der Waals surface area contributed by atoms with Gasteiger partial charge in [-0.25, -0.2) is 9.07 Å². The van der Waals surface area contributed by atoms with E-state index in [0.29, 0.717) is 5.69 Å². The van der Waals surface area contributed by atoms with Crippen LogP contribution in [0.5, 0.6) is 0 Å². The Balaban J connectivity index is 2.04. The number of nitrogens with zero attached hydrogens (tertiary/aromatic N) is 3. The lowest BCUT2D eigenvalue weighted by Crippen LogP contribution is -2.03. The number of rotatable bonds is 9. The smallest absolute Gasteiger partial charge is 0.123 e. The molecule has 124 valence electrons. The van der Waals surface area contributed by atoms with Crippen LogP contribution in [-0.4, -0.2) is 20.1 Å². The number of aliphatic hydroxyl groups is 1. The highest BCUT2D eigenvalue weighted by atomic mass is 19.1. The van der Waals surface area contributed by atoms with Crippen molar-refractivity contribution in [3.63, 3.8) is 0 Å². The van der Waals surface area contributed by atoms with Crippen LogP contribution in [-0.2, 0) is 13.2 Å². The zero-order chi connectivity index (χ0) is 16.5. The molecule has 5 heteroatoms. The summed E-state index contributed by atoms with van der Waals surface area (Å²) in [7, 11) is 0. The van der Waals surface area contributed by atoms with Crippen molar-refractivity contribution in [1.29, 1.82) is 0 Å². The van der Waals surface area contributed by atoms with E-state index in [2.05, 4.69) is 17.2 Å². The Morgan fingerprint density at radius 2 is 1.83 bits per heavy atom. The molecule has 1 heterocycles. The van der Waals surface area contributed by atoms with Crippen LogP contribution in [0.3, 0.4) is 0 Å². The van der Waals surface area contributed by atoms with Crippen molar-refractivity contribution in [2.24, 2.45) is 0 Å². The number of hydrogen-bond donors (Lipinski definition) is 1. The fourth-order valence-electron chi connectivity index (χ4n) is 2.43. The topological polar surface area (TPSA) is 50.9 Å². The Bertz CT molecular complexity index is 620. The molecular weight excluding hydrogens is 293 g/mol. The Hall–Kier alpha value is -2.01. The minimum absolute atomic E-state index is 0.140. The van der Waals surface area contributed by atoms with Crippen molar-refractivity contribution >= 4 is 12.2 Å². The maximum atomic E-state index is 12.9. The van der Waals surface area contributed by atoms with Gasteiger partial charge in [-0.2, -0.15) is 0 Å². The molecule has 2 rings (SSSR count). The number of aryl methyl sites for hydroxylation is 1. The molecule has 0 amide bonds. The molecule has 0 atom stereocenters. The van der Waals surface area contributed by atoms with Gasteiger partial charge >= 0.3 is 0 Å².